The molecule has 2 aliphatic heterocycles. The zero-order valence-corrected chi connectivity index (χ0v) is 9.81. The number of ether oxygens (including phenoxy) is 1. The van der Waals surface area contributed by atoms with Gasteiger partial charge in [-0.3, -0.25) is 0 Å². The number of thioether (sulfide) groups is 1. The molecule has 2 nitrogen and oxygen atoms in total. The summed E-state index contributed by atoms with van der Waals surface area (Å²) in [6.07, 6.45) is 5.08. The number of rotatable bonds is 2. The first-order chi connectivity index (χ1) is 6.72. The van der Waals surface area contributed by atoms with Crippen LogP contribution in [-0.2, 0) is 4.74 Å². The Kier molecular flexibility index (Phi) is 3.40. The average Bonchev–Trinajstić information content (AvgIpc) is 2.67. The molecule has 2 heterocycles. The summed E-state index contributed by atoms with van der Waals surface area (Å²) in [4.78, 5) is 0. The van der Waals surface area contributed by atoms with E-state index in [9.17, 15) is 0 Å². The molecule has 0 aromatic carbocycles. The Balaban J connectivity index is 1.95. The van der Waals surface area contributed by atoms with Crippen LogP contribution in [0.25, 0.3) is 0 Å². The van der Waals surface area contributed by atoms with Gasteiger partial charge in [0, 0.05) is 17.4 Å². The molecule has 3 unspecified atom stereocenters. The van der Waals surface area contributed by atoms with Crippen molar-refractivity contribution in [3.63, 3.8) is 0 Å². The van der Waals surface area contributed by atoms with Crippen LogP contribution in [-0.4, -0.2) is 29.8 Å². The third-order valence-electron chi connectivity index (χ3n) is 3.66. The minimum atomic E-state index is 0.325. The van der Waals surface area contributed by atoms with Crippen LogP contribution in [0.2, 0.25) is 0 Å². The lowest BCUT2D eigenvalue weighted by molar-refractivity contribution is 0.0400. The lowest BCUT2D eigenvalue weighted by Crippen LogP contribution is -2.49. The molecule has 2 fully saturated rings. The maximum atomic E-state index is 6.39. The van der Waals surface area contributed by atoms with Gasteiger partial charge < -0.3 is 10.5 Å². The van der Waals surface area contributed by atoms with Gasteiger partial charge in [0.2, 0.25) is 0 Å². The summed E-state index contributed by atoms with van der Waals surface area (Å²) in [5, 5.41) is 0. The van der Waals surface area contributed by atoms with Gasteiger partial charge in [0.1, 0.15) is 0 Å². The predicted molar refractivity (Wildman–Crippen MR) is 61.6 cm³/mol. The van der Waals surface area contributed by atoms with Gasteiger partial charge in [-0.1, -0.05) is 0 Å². The van der Waals surface area contributed by atoms with Crippen LogP contribution < -0.4 is 5.73 Å². The Bertz CT molecular complexity index is 186. The molecule has 0 aromatic rings. The highest BCUT2D eigenvalue weighted by molar-refractivity contribution is 8.00. The molecule has 2 rings (SSSR count). The summed E-state index contributed by atoms with van der Waals surface area (Å²) in [5.74, 6) is 1.89. The third-order valence-corrected chi connectivity index (χ3v) is 5.29. The third kappa shape index (κ3) is 2.10. The lowest BCUT2D eigenvalue weighted by Gasteiger charge is -2.37. The summed E-state index contributed by atoms with van der Waals surface area (Å²) >= 11 is 2.07. The van der Waals surface area contributed by atoms with Crippen molar-refractivity contribution < 1.29 is 4.74 Å². The maximum absolute atomic E-state index is 6.39. The number of hydrogen-bond donors (Lipinski definition) is 1. The van der Waals surface area contributed by atoms with E-state index < -0.39 is 0 Å². The first-order valence-electron chi connectivity index (χ1n) is 5.70. The van der Waals surface area contributed by atoms with Crippen molar-refractivity contribution in [3.05, 3.63) is 0 Å². The van der Waals surface area contributed by atoms with E-state index in [0.717, 1.165) is 13.2 Å². The standard InChI is InChI=1S/C11H21NOS/c1-11(5-3-7-14-11)10(12)9-4-2-6-13-8-9/h9-10H,2-8,12H2,1H3. The molecular formula is C11H21NOS. The van der Waals surface area contributed by atoms with Crippen molar-refractivity contribution in [2.24, 2.45) is 11.7 Å². The molecule has 2 N–H and O–H groups in total. The molecule has 82 valence electrons. The fourth-order valence-corrected chi connectivity index (χ4v) is 4.04. The van der Waals surface area contributed by atoms with E-state index in [1.165, 1.54) is 31.4 Å². The summed E-state index contributed by atoms with van der Waals surface area (Å²) in [5.41, 5.74) is 6.39. The topological polar surface area (TPSA) is 35.2 Å². The van der Waals surface area contributed by atoms with Crippen LogP contribution in [0, 0.1) is 5.92 Å². The highest BCUT2D eigenvalue weighted by Crippen LogP contribution is 2.42. The molecule has 0 aromatic heterocycles. The van der Waals surface area contributed by atoms with E-state index in [0.29, 0.717) is 16.7 Å². The fraction of sp³-hybridized carbons (Fsp3) is 1.00. The van der Waals surface area contributed by atoms with Crippen molar-refractivity contribution in [3.8, 4) is 0 Å². The highest BCUT2D eigenvalue weighted by atomic mass is 32.2. The van der Waals surface area contributed by atoms with Crippen LogP contribution >= 0.6 is 11.8 Å². The van der Waals surface area contributed by atoms with Gasteiger partial charge in [-0.25, -0.2) is 0 Å². The maximum Gasteiger partial charge on any atom is 0.0509 e. The van der Waals surface area contributed by atoms with Crippen LogP contribution in [0.5, 0.6) is 0 Å². The second-order valence-electron chi connectivity index (χ2n) is 4.77. The van der Waals surface area contributed by atoms with Gasteiger partial charge in [-0.2, -0.15) is 11.8 Å². The number of hydrogen-bond acceptors (Lipinski definition) is 3. The fourth-order valence-electron chi connectivity index (χ4n) is 2.61. The SMILES string of the molecule is CC1(C(N)C2CCCOC2)CCCS1. The summed E-state index contributed by atoms with van der Waals surface area (Å²) < 4.78 is 5.84. The van der Waals surface area contributed by atoms with Gasteiger partial charge in [0.15, 0.2) is 0 Å². The summed E-state index contributed by atoms with van der Waals surface area (Å²) in [6.45, 7) is 4.16. The van der Waals surface area contributed by atoms with Crippen LogP contribution in [0.1, 0.15) is 32.6 Å². The molecule has 0 amide bonds. The quantitative estimate of drug-likeness (QED) is 0.765. The zero-order valence-electron chi connectivity index (χ0n) is 9.00. The highest BCUT2D eigenvalue weighted by Gasteiger charge is 2.40. The smallest absolute Gasteiger partial charge is 0.0509 e. The average molecular weight is 215 g/mol. The normalized spacial score (nSPS) is 41.1. The Morgan fingerprint density at radius 3 is 2.93 bits per heavy atom. The molecule has 3 heteroatoms. The van der Waals surface area contributed by atoms with E-state index in [-0.39, 0.29) is 0 Å². The predicted octanol–water partition coefficient (Wildman–Crippen LogP) is 2.03. The molecule has 0 spiro atoms. The molecule has 2 saturated heterocycles. The van der Waals surface area contributed by atoms with E-state index >= 15 is 0 Å². The minimum Gasteiger partial charge on any atom is -0.381 e. The van der Waals surface area contributed by atoms with Crippen LogP contribution in [0.3, 0.4) is 0 Å². The molecular weight excluding hydrogens is 194 g/mol. The summed E-state index contributed by atoms with van der Waals surface area (Å²) in [6, 6.07) is 0.329. The van der Waals surface area contributed by atoms with E-state index in [4.69, 9.17) is 10.5 Å². The van der Waals surface area contributed by atoms with E-state index in [2.05, 4.69) is 18.7 Å². The zero-order chi connectivity index (χ0) is 10.0. The monoisotopic (exact) mass is 215 g/mol. The first-order valence-corrected chi connectivity index (χ1v) is 6.68. The second-order valence-corrected chi connectivity index (χ2v) is 6.40. The van der Waals surface area contributed by atoms with Crippen molar-refractivity contribution in [1.29, 1.82) is 0 Å². The minimum absolute atomic E-state index is 0.325. The Hall–Kier alpha value is 0.270. The lowest BCUT2D eigenvalue weighted by atomic mass is 9.84. The van der Waals surface area contributed by atoms with Gasteiger partial charge >= 0.3 is 0 Å². The van der Waals surface area contributed by atoms with Crippen molar-refractivity contribution in [1.82, 2.24) is 0 Å². The van der Waals surface area contributed by atoms with Crippen LogP contribution in [0.15, 0.2) is 0 Å². The Morgan fingerprint density at radius 2 is 2.36 bits per heavy atom. The molecule has 0 radical (unpaired) electrons. The Morgan fingerprint density at radius 1 is 1.50 bits per heavy atom. The van der Waals surface area contributed by atoms with E-state index in [1.54, 1.807) is 0 Å². The molecule has 2 aliphatic rings. The number of nitrogens with two attached hydrogens (primary N) is 1. The van der Waals surface area contributed by atoms with Gasteiger partial charge in [-0.15, -0.1) is 0 Å². The molecule has 3 atom stereocenters. The molecule has 0 aliphatic carbocycles. The first kappa shape index (κ1) is 10.8. The second kappa shape index (κ2) is 4.42. The van der Waals surface area contributed by atoms with Crippen LogP contribution in [0.4, 0.5) is 0 Å². The summed E-state index contributed by atoms with van der Waals surface area (Å²) in [7, 11) is 0. The van der Waals surface area contributed by atoms with E-state index in [1.807, 2.05) is 0 Å². The largest absolute Gasteiger partial charge is 0.381 e. The van der Waals surface area contributed by atoms with Gasteiger partial charge in [-0.05, 0) is 44.3 Å². The molecule has 0 bridgehead atoms. The van der Waals surface area contributed by atoms with Gasteiger partial charge in [0.05, 0.1) is 6.61 Å². The Labute approximate surface area is 91.0 Å². The van der Waals surface area contributed by atoms with Crippen molar-refractivity contribution in [2.75, 3.05) is 19.0 Å². The molecule has 0 saturated carbocycles. The molecule has 14 heavy (non-hydrogen) atoms. The van der Waals surface area contributed by atoms with Gasteiger partial charge in [0.25, 0.3) is 0 Å². The van der Waals surface area contributed by atoms with Crippen molar-refractivity contribution >= 4 is 11.8 Å². The van der Waals surface area contributed by atoms with Crippen molar-refractivity contribution in [2.45, 2.75) is 43.4 Å².